The molecule has 1 amide bonds. The van der Waals surface area contributed by atoms with E-state index in [4.69, 9.17) is 9.47 Å². The van der Waals surface area contributed by atoms with Crippen LogP contribution in [0.1, 0.15) is 32.3 Å². The standard InChI is InChI=1S/C23H32N2O6/c1-3-31-22(27)19(10-9-16-7-5-4-6-8-16)24-15(2)21(26)20-18-11-12-30-14-17(18)13-25(20)23(28)29/h4-8,15,17-20,24H,3,9-14H2,1-2H3,(H,28,29)/t15-,17?,18?,19?,20?/m0/s1. The number of ketones is 1. The van der Waals surface area contributed by atoms with Gasteiger partial charge < -0.3 is 14.6 Å². The van der Waals surface area contributed by atoms with Gasteiger partial charge in [0.1, 0.15) is 6.04 Å². The minimum absolute atomic E-state index is 0.0323. The number of ether oxygens (including phenoxy) is 2. The molecule has 0 aliphatic carbocycles. The van der Waals surface area contributed by atoms with Gasteiger partial charge in [-0.3, -0.25) is 19.8 Å². The summed E-state index contributed by atoms with van der Waals surface area (Å²) < 4.78 is 10.7. The molecule has 0 bridgehead atoms. The Hall–Kier alpha value is -2.45. The zero-order valence-electron chi connectivity index (χ0n) is 18.2. The molecule has 0 aromatic heterocycles. The summed E-state index contributed by atoms with van der Waals surface area (Å²) in [6.07, 6.45) is 0.705. The molecule has 31 heavy (non-hydrogen) atoms. The number of hydrogen-bond acceptors (Lipinski definition) is 6. The van der Waals surface area contributed by atoms with Crippen molar-refractivity contribution in [1.82, 2.24) is 10.2 Å². The third-order valence-corrected chi connectivity index (χ3v) is 6.26. The van der Waals surface area contributed by atoms with Gasteiger partial charge in [0.2, 0.25) is 0 Å². The number of fused-ring (bicyclic) bond motifs is 1. The number of amides is 1. The number of carbonyl (C=O) groups excluding carboxylic acids is 2. The highest BCUT2D eigenvalue weighted by Crippen LogP contribution is 2.36. The molecule has 2 fully saturated rings. The zero-order chi connectivity index (χ0) is 22.4. The molecule has 0 saturated carbocycles. The van der Waals surface area contributed by atoms with Crippen molar-refractivity contribution in [3.8, 4) is 0 Å². The van der Waals surface area contributed by atoms with E-state index in [-0.39, 0.29) is 24.2 Å². The summed E-state index contributed by atoms with van der Waals surface area (Å²) in [7, 11) is 0. The summed E-state index contributed by atoms with van der Waals surface area (Å²) in [5.74, 6) is -0.619. The average Bonchev–Trinajstić information content (AvgIpc) is 3.16. The topological polar surface area (TPSA) is 105 Å². The van der Waals surface area contributed by atoms with Crippen molar-refractivity contribution in [3.05, 3.63) is 35.9 Å². The lowest BCUT2D eigenvalue weighted by Gasteiger charge is -2.31. The molecule has 170 valence electrons. The number of rotatable bonds is 9. The second-order valence-corrected chi connectivity index (χ2v) is 8.29. The Bertz CT molecular complexity index is 771. The van der Waals surface area contributed by atoms with Crippen molar-refractivity contribution in [2.45, 2.75) is 51.2 Å². The Morgan fingerprint density at radius 1 is 1.29 bits per heavy atom. The van der Waals surface area contributed by atoms with Gasteiger partial charge in [-0.15, -0.1) is 0 Å². The molecule has 4 unspecified atom stereocenters. The number of benzene rings is 1. The fourth-order valence-corrected chi connectivity index (χ4v) is 4.68. The molecule has 2 saturated heterocycles. The van der Waals surface area contributed by atoms with E-state index in [9.17, 15) is 19.5 Å². The van der Waals surface area contributed by atoms with Crippen LogP contribution in [-0.2, 0) is 25.5 Å². The maximum atomic E-state index is 13.3. The van der Waals surface area contributed by atoms with E-state index in [0.29, 0.717) is 39.0 Å². The number of aryl methyl sites for hydroxylation is 1. The first-order chi connectivity index (χ1) is 14.9. The highest BCUT2D eigenvalue weighted by atomic mass is 16.5. The summed E-state index contributed by atoms with van der Waals surface area (Å²) in [6, 6.07) is 7.76. The van der Waals surface area contributed by atoms with Gasteiger partial charge >= 0.3 is 12.1 Å². The second kappa shape index (κ2) is 10.7. The lowest BCUT2D eigenvalue weighted by atomic mass is 9.83. The number of nitrogens with zero attached hydrogens (tertiary/aromatic N) is 1. The summed E-state index contributed by atoms with van der Waals surface area (Å²) in [5, 5.41) is 12.8. The predicted molar refractivity (Wildman–Crippen MR) is 114 cm³/mol. The summed E-state index contributed by atoms with van der Waals surface area (Å²) >= 11 is 0. The maximum Gasteiger partial charge on any atom is 0.407 e. The zero-order valence-corrected chi connectivity index (χ0v) is 18.2. The van der Waals surface area contributed by atoms with Crippen LogP contribution in [0.5, 0.6) is 0 Å². The SMILES string of the molecule is CCOC(=O)C(CCc1ccccc1)N[C@@H](C)C(=O)C1C2CCOCC2CN1C(=O)O. The van der Waals surface area contributed by atoms with E-state index in [1.807, 2.05) is 30.3 Å². The van der Waals surface area contributed by atoms with Crippen LogP contribution < -0.4 is 5.32 Å². The smallest absolute Gasteiger partial charge is 0.407 e. The number of Topliss-reactive ketones (excluding diaryl/α,β-unsaturated/α-hetero) is 1. The normalized spacial score (nSPS) is 24.8. The van der Waals surface area contributed by atoms with Crippen molar-refractivity contribution < 1.29 is 29.0 Å². The predicted octanol–water partition coefficient (Wildman–Crippen LogP) is 2.11. The molecule has 3 rings (SSSR count). The molecule has 0 radical (unpaired) electrons. The van der Waals surface area contributed by atoms with E-state index in [1.165, 1.54) is 4.90 Å². The van der Waals surface area contributed by atoms with Gasteiger partial charge in [0.15, 0.2) is 5.78 Å². The highest BCUT2D eigenvalue weighted by molar-refractivity contribution is 5.92. The molecule has 1 aromatic rings. The molecule has 2 aliphatic heterocycles. The first-order valence-electron chi connectivity index (χ1n) is 11.0. The number of carbonyl (C=O) groups is 3. The molecule has 2 N–H and O–H groups in total. The van der Waals surface area contributed by atoms with Crippen molar-refractivity contribution in [1.29, 1.82) is 0 Å². The first-order valence-corrected chi connectivity index (χ1v) is 11.0. The van der Waals surface area contributed by atoms with Crippen LogP contribution in [0.3, 0.4) is 0 Å². The number of likely N-dealkylation sites (tertiary alicyclic amines) is 1. The Balaban J connectivity index is 1.70. The Morgan fingerprint density at radius 2 is 2.03 bits per heavy atom. The van der Waals surface area contributed by atoms with Gasteiger partial charge in [-0.1, -0.05) is 30.3 Å². The van der Waals surface area contributed by atoms with Crippen molar-refractivity contribution in [3.63, 3.8) is 0 Å². The second-order valence-electron chi connectivity index (χ2n) is 8.29. The lowest BCUT2D eigenvalue weighted by molar-refractivity contribution is -0.146. The molecule has 2 heterocycles. The monoisotopic (exact) mass is 432 g/mol. The fourth-order valence-electron chi connectivity index (χ4n) is 4.68. The molecule has 1 aromatic carbocycles. The average molecular weight is 433 g/mol. The Kier molecular flexibility index (Phi) is 8.03. The highest BCUT2D eigenvalue weighted by Gasteiger charge is 2.49. The van der Waals surface area contributed by atoms with Gasteiger partial charge in [0, 0.05) is 19.1 Å². The summed E-state index contributed by atoms with van der Waals surface area (Å²) in [4.78, 5) is 38.9. The maximum absolute atomic E-state index is 13.3. The van der Waals surface area contributed by atoms with Gasteiger partial charge in [-0.2, -0.15) is 0 Å². The van der Waals surface area contributed by atoms with Gasteiger partial charge in [-0.05, 0) is 44.6 Å². The lowest BCUT2D eigenvalue weighted by Crippen LogP contribution is -2.54. The Labute approximate surface area is 182 Å². The van der Waals surface area contributed by atoms with E-state index < -0.39 is 30.2 Å². The van der Waals surface area contributed by atoms with Gasteiger partial charge in [0.05, 0.1) is 25.3 Å². The van der Waals surface area contributed by atoms with E-state index in [1.54, 1.807) is 13.8 Å². The minimum Gasteiger partial charge on any atom is -0.465 e. The van der Waals surface area contributed by atoms with E-state index >= 15 is 0 Å². The van der Waals surface area contributed by atoms with Gasteiger partial charge in [0.25, 0.3) is 0 Å². The minimum atomic E-state index is -1.09. The molecule has 2 aliphatic rings. The number of hydrogen-bond donors (Lipinski definition) is 2. The van der Waals surface area contributed by atoms with E-state index in [2.05, 4.69) is 5.32 Å². The number of nitrogens with one attached hydrogen (secondary N) is 1. The molecule has 0 spiro atoms. The molecular formula is C23H32N2O6. The van der Waals surface area contributed by atoms with Crippen LogP contribution in [0.15, 0.2) is 30.3 Å². The molecule has 8 heteroatoms. The first kappa shape index (κ1) is 23.2. The van der Waals surface area contributed by atoms with E-state index in [0.717, 1.165) is 5.56 Å². The molecule has 8 nitrogen and oxygen atoms in total. The van der Waals surface area contributed by atoms with Crippen LogP contribution in [0.2, 0.25) is 0 Å². The van der Waals surface area contributed by atoms with Crippen LogP contribution in [0, 0.1) is 11.8 Å². The number of carboxylic acid groups (broad SMARTS) is 1. The van der Waals surface area contributed by atoms with Crippen LogP contribution >= 0.6 is 0 Å². The molecule has 5 atom stereocenters. The largest absolute Gasteiger partial charge is 0.465 e. The third kappa shape index (κ3) is 5.62. The van der Waals surface area contributed by atoms with Crippen molar-refractivity contribution in [2.24, 2.45) is 11.8 Å². The molecular weight excluding hydrogens is 400 g/mol. The quantitative estimate of drug-likeness (QED) is 0.576. The summed E-state index contributed by atoms with van der Waals surface area (Å²) in [6.45, 7) is 5.01. The Morgan fingerprint density at radius 3 is 2.71 bits per heavy atom. The number of esters is 1. The van der Waals surface area contributed by atoms with Crippen LogP contribution in [-0.4, -0.2) is 72.3 Å². The van der Waals surface area contributed by atoms with Crippen LogP contribution in [0.25, 0.3) is 0 Å². The van der Waals surface area contributed by atoms with Gasteiger partial charge in [-0.25, -0.2) is 4.79 Å². The van der Waals surface area contributed by atoms with Crippen molar-refractivity contribution in [2.75, 3.05) is 26.4 Å². The third-order valence-electron chi connectivity index (χ3n) is 6.26. The van der Waals surface area contributed by atoms with Crippen LogP contribution in [0.4, 0.5) is 4.79 Å². The fraction of sp³-hybridized carbons (Fsp3) is 0.609. The summed E-state index contributed by atoms with van der Waals surface area (Å²) in [5.41, 5.74) is 1.09. The van der Waals surface area contributed by atoms with Crippen molar-refractivity contribution >= 4 is 17.8 Å².